The third-order valence-corrected chi connectivity index (χ3v) is 5.13. The molecule has 5 heteroatoms. The average Bonchev–Trinajstić information content (AvgIpc) is 2.70. The summed E-state index contributed by atoms with van der Waals surface area (Å²) in [5, 5.41) is 3.00. The summed E-state index contributed by atoms with van der Waals surface area (Å²) >= 11 is 0. The molecular weight excluding hydrogens is 340 g/mol. The second-order valence-corrected chi connectivity index (χ2v) is 7.07. The summed E-state index contributed by atoms with van der Waals surface area (Å²) in [7, 11) is 3.75. The SMILES string of the molecule is COc1cccc(C)c1NC(=O)c1cccc(CN(C)C2CCOCC2)c1. The van der Waals surface area contributed by atoms with Crippen molar-refractivity contribution in [2.75, 3.05) is 32.7 Å². The van der Waals surface area contributed by atoms with Crippen LogP contribution in [0.2, 0.25) is 0 Å². The Morgan fingerprint density at radius 3 is 2.70 bits per heavy atom. The van der Waals surface area contributed by atoms with Gasteiger partial charge in [-0.15, -0.1) is 0 Å². The minimum Gasteiger partial charge on any atom is -0.495 e. The summed E-state index contributed by atoms with van der Waals surface area (Å²) in [4.78, 5) is 15.1. The quantitative estimate of drug-likeness (QED) is 0.841. The first-order chi connectivity index (χ1) is 13.1. The van der Waals surface area contributed by atoms with Crippen LogP contribution >= 0.6 is 0 Å². The Bertz CT molecular complexity index is 785. The third-order valence-electron chi connectivity index (χ3n) is 5.13. The molecule has 0 spiro atoms. The predicted octanol–water partition coefficient (Wildman–Crippen LogP) is 3.87. The number of rotatable bonds is 6. The molecule has 0 saturated carbocycles. The van der Waals surface area contributed by atoms with E-state index in [4.69, 9.17) is 9.47 Å². The number of hydrogen-bond acceptors (Lipinski definition) is 4. The molecule has 1 saturated heterocycles. The Morgan fingerprint density at radius 2 is 1.96 bits per heavy atom. The molecule has 0 unspecified atom stereocenters. The van der Waals surface area contributed by atoms with Gasteiger partial charge in [0.15, 0.2) is 0 Å². The van der Waals surface area contributed by atoms with Crippen LogP contribution in [0.3, 0.4) is 0 Å². The molecule has 1 N–H and O–H groups in total. The number of para-hydroxylation sites is 1. The standard InChI is InChI=1S/C22H28N2O3/c1-16-6-4-9-20(26-3)21(16)23-22(25)18-8-5-7-17(14-18)15-24(2)19-10-12-27-13-11-19/h4-9,14,19H,10-13,15H2,1-3H3,(H,23,25). The summed E-state index contributed by atoms with van der Waals surface area (Å²) in [6.45, 7) is 4.43. The number of anilines is 1. The molecule has 0 atom stereocenters. The lowest BCUT2D eigenvalue weighted by Crippen LogP contribution is -2.36. The van der Waals surface area contributed by atoms with E-state index in [2.05, 4.69) is 23.3 Å². The van der Waals surface area contributed by atoms with Crippen molar-refractivity contribution in [1.29, 1.82) is 0 Å². The fourth-order valence-corrected chi connectivity index (χ4v) is 3.51. The zero-order valence-electron chi connectivity index (χ0n) is 16.3. The monoisotopic (exact) mass is 368 g/mol. The van der Waals surface area contributed by atoms with Crippen LogP contribution in [0.4, 0.5) is 5.69 Å². The number of aryl methyl sites for hydroxylation is 1. The second kappa shape index (κ2) is 9.02. The molecule has 1 aliphatic heterocycles. The molecular formula is C22H28N2O3. The Balaban J connectivity index is 1.70. The van der Waals surface area contributed by atoms with Gasteiger partial charge in [-0.05, 0) is 56.1 Å². The molecule has 0 radical (unpaired) electrons. The van der Waals surface area contributed by atoms with Crippen molar-refractivity contribution in [2.45, 2.75) is 32.4 Å². The van der Waals surface area contributed by atoms with Gasteiger partial charge in [-0.2, -0.15) is 0 Å². The zero-order chi connectivity index (χ0) is 19.2. The van der Waals surface area contributed by atoms with Gasteiger partial charge in [0.1, 0.15) is 5.75 Å². The first kappa shape index (κ1) is 19.4. The third kappa shape index (κ3) is 4.87. The lowest BCUT2D eigenvalue weighted by molar-refractivity contribution is 0.0407. The number of carbonyl (C=O) groups is 1. The molecule has 1 amide bonds. The molecule has 2 aromatic carbocycles. The van der Waals surface area contributed by atoms with Crippen LogP contribution in [0, 0.1) is 6.92 Å². The van der Waals surface area contributed by atoms with E-state index >= 15 is 0 Å². The van der Waals surface area contributed by atoms with Crippen molar-refractivity contribution in [2.24, 2.45) is 0 Å². The highest BCUT2D eigenvalue weighted by molar-refractivity contribution is 6.05. The number of nitrogens with one attached hydrogen (secondary N) is 1. The Hall–Kier alpha value is -2.37. The maximum absolute atomic E-state index is 12.8. The van der Waals surface area contributed by atoms with Crippen molar-refractivity contribution in [1.82, 2.24) is 4.90 Å². The Morgan fingerprint density at radius 1 is 1.22 bits per heavy atom. The highest BCUT2D eigenvalue weighted by atomic mass is 16.5. The summed E-state index contributed by atoms with van der Waals surface area (Å²) in [5.41, 5.74) is 3.47. The van der Waals surface area contributed by atoms with Gasteiger partial charge in [-0.1, -0.05) is 24.3 Å². The Labute approximate surface area is 161 Å². The van der Waals surface area contributed by atoms with Gasteiger partial charge < -0.3 is 14.8 Å². The maximum Gasteiger partial charge on any atom is 0.255 e. The summed E-state index contributed by atoms with van der Waals surface area (Å²) < 4.78 is 10.8. The number of methoxy groups -OCH3 is 1. The lowest BCUT2D eigenvalue weighted by Gasteiger charge is -2.31. The van der Waals surface area contributed by atoms with Crippen LogP contribution in [0.5, 0.6) is 5.75 Å². The number of hydrogen-bond donors (Lipinski definition) is 1. The predicted molar refractivity (Wildman–Crippen MR) is 107 cm³/mol. The molecule has 2 aromatic rings. The first-order valence-corrected chi connectivity index (χ1v) is 9.40. The van der Waals surface area contributed by atoms with E-state index in [1.165, 1.54) is 0 Å². The van der Waals surface area contributed by atoms with Gasteiger partial charge >= 0.3 is 0 Å². The van der Waals surface area contributed by atoms with Crippen LogP contribution < -0.4 is 10.1 Å². The van der Waals surface area contributed by atoms with E-state index < -0.39 is 0 Å². The molecule has 1 aliphatic rings. The van der Waals surface area contributed by atoms with Gasteiger partial charge in [0.2, 0.25) is 0 Å². The largest absolute Gasteiger partial charge is 0.495 e. The van der Waals surface area contributed by atoms with Crippen molar-refractivity contribution in [3.8, 4) is 5.75 Å². The fourth-order valence-electron chi connectivity index (χ4n) is 3.51. The van der Waals surface area contributed by atoms with E-state index in [0.717, 1.165) is 49.4 Å². The number of carbonyl (C=O) groups excluding carboxylic acids is 1. The molecule has 0 aromatic heterocycles. The van der Waals surface area contributed by atoms with Crippen LogP contribution in [0.1, 0.15) is 34.3 Å². The van der Waals surface area contributed by atoms with E-state index in [9.17, 15) is 4.79 Å². The highest BCUT2D eigenvalue weighted by Crippen LogP contribution is 2.28. The van der Waals surface area contributed by atoms with Crippen LogP contribution in [-0.4, -0.2) is 44.2 Å². The minimum atomic E-state index is -0.127. The van der Waals surface area contributed by atoms with Crippen molar-refractivity contribution < 1.29 is 14.3 Å². The van der Waals surface area contributed by atoms with Crippen LogP contribution in [0.25, 0.3) is 0 Å². The van der Waals surface area contributed by atoms with Gasteiger partial charge in [-0.3, -0.25) is 9.69 Å². The van der Waals surface area contributed by atoms with Gasteiger partial charge in [0.05, 0.1) is 12.8 Å². The Kier molecular flexibility index (Phi) is 6.48. The van der Waals surface area contributed by atoms with Crippen LogP contribution in [-0.2, 0) is 11.3 Å². The van der Waals surface area contributed by atoms with Crippen LogP contribution in [0.15, 0.2) is 42.5 Å². The smallest absolute Gasteiger partial charge is 0.255 e. The molecule has 27 heavy (non-hydrogen) atoms. The topological polar surface area (TPSA) is 50.8 Å². The molecule has 3 rings (SSSR count). The van der Waals surface area contributed by atoms with Gasteiger partial charge in [0, 0.05) is 31.4 Å². The zero-order valence-corrected chi connectivity index (χ0v) is 16.3. The molecule has 144 valence electrons. The maximum atomic E-state index is 12.8. The normalized spacial score (nSPS) is 15.0. The van der Waals surface area contributed by atoms with E-state index in [0.29, 0.717) is 17.4 Å². The lowest BCUT2D eigenvalue weighted by atomic mass is 10.1. The van der Waals surface area contributed by atoms with E-state index in [1.54, 1.807) is 7.11 Å². The van der Waals surface area contributed by atoms with Crippen molar-refractivity contribution in [3.63, 3.8) is 0 Å². The minimum absolute atomic E-state index is 0.127. The molecule has 1 fully saturated rings. The van der Waals surface area contributed by atoms with Gasteiger partial charge in [0.25, 0.3) is 5.91 Å². The number of ether oxygens (including phenoxy) is 2. The van der Waals surface area contributed by atoms with E-state index in [1.807, 2.05) is 43.3 Å². The number of benzene rings is 2. The highest BCUT2D eigenvalue weighted by Gasteiger charge is 2.19. The van der Waals surface area contributed by atoms with E-state index in [-0.39, 0.29) is 5.91 Å². The van der Waals surface area contributed by atoms with Crippen molar-refractivity contribution in [3.05, 3.63) is 59.2 Å². The summed E-state index contributed by atoms with van der Waals surface area (Å²) in [6.07, 6.45) is 2.12. The van der Waals surface area contributed by atoms with Gasteiger partial charge in [-0.25, -0.2) is 0 Å². The summed E-state index contributed by atoms with van der Waals surface area (Å²) in [5.74, 6) is 0.539. The summed E-state index contributed by atoms with van der Waals surface area (Å²) in [6, 6.07) is 14.1. The second-order valence-electron chi connectivity index (χ2n) is 7.07. The van der Waals surface area contributed by atoms with Crippen molar-refractivity contribution >= 4 is 11.6 Å². The molecule has 5 nitrogen and oxygen atoms in total. The number of nitrogens with zero attached hydrogens (tertiary/aromatic N) is 1. The molecule has 0 aliphatic carbocycles. The fraction of sp³-hybridized carbons (Fsp3) is 0.409. The average molecular weight is 368 g/mol. The number of amides is 1. The molecule has 1 heterocycles. The molecule has 0 bridgehead atoms. The first-order valence-electron chi connectivity index (χ1n) is 9.40.